The number of aryl methyl sites for hydroxylation is 1. The number of rotatable bonds is 4. The minimum Gasteiger partial charge on any atom is -0.465 e. The van der Waals surface area contributed by atoms with Gasteiger partial charge in [0.2, 0.25) is 10.0 Å². The van der Waals surface area contributed by atoms with Gasteiger partial charge in [-0.1, -0.05) is 23.2 Å². The van der Waals surface area contributed by atoms with Crippen LogP contribution >= 0.6 is 23.2 Å². The summed E-state index contributed by atoms with van der Waals surface area (Å²) in [6.07, 6.45) is 0. The fraction of sp³-hybridized carbons (Fsp3) is 0.167. The zero-order chi connectivity index (χ0) is 14.0. The molecule has 4 nitrogen and oxygen atoms in total. The van der Waals surface area contributed by atoms with Crippen molar-refractivity contribution in [3.05, 3.63) is 51.9 Å². The smallest absolute Gasteiger partial charge is 0.242 e. The molecule has 0 saturated carbocycles. The lowest BCUT2D eigenvalue weighted by Crippen LogP contribution is -2.23. The summed E-state index contributed by atoms with van der Waals surface area (Å²) in [5.74, 6) is 1.25. The van der Waals surface area contributed by atoms with Gasteiger partial charge in [0.05, 0.1) is 11.6 Å². The first kappa shape index (κ1) is 14.4. The largest absolute Gasteiger partial charge is 0.465 e. The summed E-state index contributed by atoms with van der Waals surface area (Å²) in [5, 5.41) is 0.459. The number of furan rings is 1. The van der Waals surface area contributed by atoms with E-state index in [-0.39, 0.29) is 16.5 Å². The van der Waals surface area contributed by atoms with Crippen LogP contribution in [-0.2, 0) is 16.6 Å². The number of hydrogen-bond donors (Lipinski definition) is 1. The molecule has 0 atom stereocenters. The third-order valence-corrected chi connectivity index (χ3v) is 4.54. The molecule has 0 radical (unpaired) electrons. The number of benzene rings is 1. The summed E-state index contributed by atoms with van der Waals surface area (Å²) in [5.41, 5.74) is 0. The Balaban J connectivity index is 2.18. The minimum atomic E-state index is -3.70. The highest BCUT2D eigenvalue weighted by Crippen LogP contribution is 2.24. The quantitative estimate of drug-likeness (QED) is 0.939. The predicted molar refractivity (Wildman–Crippen MR) is 73.9 cm³/mol. The van der Waals surface area contributed by atoms with E-state index in [0.717, 1.165) is 5.76 Å². The molecule has 0 aliphatic rings. The highest BCUT2D eigenvalue weighted by atomic mass is 35.5. The van der Waals surface area contributed by atoms with Gasteiger partial charge >= 0.3 is 0 Å². The van der Waals surface area contributed by atoms with Crippen LogP contribution in [0.2, 0.25) is 10.0 Å². The average molecular weight is 320 g/mol. The molecule has 0 aliphatic carbocycles. The van der Waals surface area contributed by atoms with Crippen LogP contribution in [-0.4, -0.2) is 8.42 Å². The molecule has 0 unspecified atom stereocenters. The lowest BCUT2D eigenvalue weighted by molar-refractivity contribution is 0.475. The first-order chi connectivity index (χ1) is 8.88. The average Bonchev–Trinajstić information content (AvgIpc) is 2.72. The van der Waals surface area contributed by atoms with E-state index in [1.807, 2.05) is 0 Å². The predicted octanol–water partition coefficient (Wildman–Crippen LogP) is 3.37. The van der Waals surface area contributed by atoms with Gasteiger partial charge in [-0.3, -0.25) is 0 Å². The van der Waals surface area contributed by atoms with Crippen LogP contribution in [0.4, 0.5) is 0 Å². The van der Waals surface area contributed by atoms with E-state index in [4.69, 9.17) is 27.6 Å². The fourth-order valence-electron chi connectivity index (χ4n) is 1.52. The van der Waals surface area contributed by atoms with E-state index in [1.54, 1.807) is 19.1 Å². The first-order valence-corrected chi connectivity index (χ1v) is 7.62. The van der Waals surface area contributed by atoms with Crippen LogP contribution in [0.15, 0.2) is 39.6 Å². The number of halogens is 2. The van der Waals surface area contributed by atoms with Crippen molar-refractivity contribution in [2.24, 2.45) is 0 Å². The van der Waals surface area contributed by atoms with Crippen LogP contribution < -0.4 is 4.72 Å². The first-order valence-electron chi connectivity index (χ1n) is 5.38. The van der Waals surface area contributed by atoms with Crippen molar-refractivity contribution in [2.45, 2.75) is 18.4 Å². The molecule has 0 spiro atoms. The molecule has 1 N–H and O–H groups in total. The molecule has 0 saturated heterocycles. The Hall–Kier alpha value is -1.01. The molecular formula is C12H11Cl2NO3S. The third-order valence-electron chi connectivity index (χ3n) is 2.42. The van der Waals surface area contributed by atoms with Gasteiger partial charge in [0.1, 0.15) is 16.4 Å². The maximum Gasteiger partial charge on any atom is 0.242 e. The Morgan fingerprint density at radius 1 is 1.21 bits per heavy atom. The zero-order valence-corrected chi connectivity index (χ0v) is 12.3. The van der Waals surface area contributed by atoms with Crippen molar-refractivity contribution in [1.29, 1.82) is 0 Å². The highest BCUT2D eigenvalue weighted by Gasteiger charge is 2.18. The van der Waals surface area contributed by atoms with Crippen LogP contribution in [0, 0.1) is 6.92 Å². The van der Waals surface area contributed by atoms with Crippen molar-refractivity contribution in [2.75, 3.05) is 0 Å². The minimum absolute atomic E-state index is 0.0122. The summed E-state index contributed by atoms with van der Waals surface area (Å²) >= 11 is 11.6. The SMILES string of the molecule is Cc1ccc(CNS(=O)(=O)c2ccc(Cl)cc2Cl)o1. The van der Waals surface area contributed by atoms with E-state index in [0.29, 0.717) is 10.8 Å². The van der Waals surface area contributed by atoms with E-state index in [2.05, 4.69) is 4.72 Å². The standard InChI is InChI=1S/C12H11Cl2NO3S/c1-8-2-4-10(18-8)7-15-19(16,17)12-5-3-9(13)6-11(12)14/h2-6,15H,7H2,1H3. The normalized spacial score (nSPS) is 11.7. The van der Waals surface area contributed by atoms with Crippen molar-refractivity contribution < 1.29 is 12.8 Å². The lowest BCUT2D eigenvalue weighted by Gasteiger charge is -2.07. The molecule has 0 fully saturated rings. The molecule has 0 aliphatic heterocycles. The molecule has 102 valence electrons. The Bertz CT molecular complexity index is 695. The third kappa shape index (κ3) is 3.51. The van der Waals surface area contributed by atoms with Gasteiger partial charge in [0.25, 0.3) is 0 Å². The van der Waals surface area contributed by atoms with E-state index in [1.165, 1.54) is 18.2 Å². The number of sulfonamides is 1. The zero-order valence-electron chi connectivity index (χ0n) is 9.98. The van der Waals surface area contributed by atoms with E-state index >= 15 is 0 Å². The van der Waals surface area contributed by atoms with Crippen LogP contribution in [0.3, 0.4) is 0 Å². The second kappa shape index (κ2) is 5.54. The van der Waals surface area contributed by atoms with Gasteiger partial charge in [-0.25, -0.2) is 13.1 Å². The Kier molecular flexibility index (Phi) is 4.20. The van der Waals surface area contributed by atoms with Crippen molar-refractivity contribution in [1.82, 2.24) is 4.72 Å². The maximum atomic E-state index is 12.1. The Morgan fingerprint density at radius 3 is 2.53 bits per heavy atom. The molecule has 7 heteroatoms. The summed E-state index contributed by atoms with van der Waals surface area (Å²) in [4.78, 5) is -0.0122. The summed E-state index contributed by atoms with van der Waals surface area (Å²) in [6, 6.07) is 7.69. The van der Waals surface area contributed by atoms with Gasteiger partial charge in [0, 0.05) is 5.02 Å². The topological polar surface area (TPSA) is 59.3 Å². The molecule has 0 bridgehead atoms. The molecular weight excluding hydrogens is 309 g/mol. The van der Waals surface area contributed by atoms with Crippen LogP contribution in [0.1, 0.15) is 11.5 Å². The Labute approximate surface area is 121 Å². The molecule has 2 aromatic rings. The molecule has 1 heterocycles. The Morgan fingerprint density at radius 2 is 1.95 bits per heavy atom. The van der Waals surface area contributed by atoms with E-state index < -0.39 is 10.0 Å². The lowest BCUT2D eigenvalue weighted by atomic mass is 10.4. The molecule has 0 amide bonds. The maximum absolute atomic E-state index is 12.1. The summed E-state index contributed by atoms with van der Waals surface area (Å²) < 4.78 is 31.8. The second-order valence-corrected chi connectivity index (χ2v) is 6.49. The second-order valence-electron chi connectivity index (χ2n) is 3.91. The monoisotopic (exact) mass is 319 g/mol. The number of nitrogens with one attached hydrogen (secondary N) is 1. The van der Waals surface area contributed by atoms with Crippen LogP contribution in [0.5, 0.6) is 0 Å². The summed E-state index contributed by atoms with van der Waals surface area (Å²) in [7, 11) is -3.70. The van der Waals surface area contributed by atoms with Crippen molar-refractivity contribution in [3.8, 4) is 0 Å². The van der Waals surface area contributed by atoms with Crippen molar-refractivity contribution in [3.63, 3.8) is 0 Å². The van der Waals surface area contributed by atoms with Gasteiger partial charge in [-0.15, -0.1) is 0 Å². The van der Waals surface area contributed by atoms with Crippen LogP contribution in [0.25, 0.3) is 0 Å². The van der Waals surface area contributed by atoms with Crippen molar-refractivity contribution >= 4 is 33.2 Å². The van der Waals surface area contributed by atoms with Gasteiger partial charge in [-0.05, 0) is 37.3 Å². The fourth-order valence-corrected chi connectivity index (χ4v) is 3.28. The molecule has 1 aromatic heterocycles. The number of hydrogen-bond acceptors (Lipinski definition) is 3. The van der Waals surface area contributed by atoms with Gasteiger partial charge in [-0.2, -0.15) is 0 Å². The molecule has 2 rings (SSSR count). The molecule has 1 aromatic carbocycles. The highest BCUT2D eigenvalue weighted by molar-refractivity contribution is 7.89. The summed E-state index contributed by atoms with van der Waals surface area (Å²) in [6.45, 7) is 1.85. The molecule has 19 heavy (non-hydrogen) atoms. The van der Waals surface area contributed by atoms with Gasteiger partial charge in [0.15, 0.2) is 0 Å². The van der Waals surface area contributed by atoms with Gasteiger partial charge < -0.3 is 4.42 Å². The van der Waals surface area contributed by atoms with E-state index in [9.17, 15) is 8.42 Å².